The van der Waals surface area contributed by atoms with E-state index in [1.165, 1.54) is 25.7 Å². The van der Waals surface area contributed by atoms with Crippen molar-refractivity contribution in [3.63, 3.8) is 0 Å². The van der Waals surface area contributed by atoms with E-state index in [0.29, 0.717) is 11.6 Å². The molecule has 0 unspecified atom stereocenters. The fraction of sp³-hybridized carbons (Fsp3) is 0.261. The van der Waals surface area contributed by atoms with E-state index in [0.717, 1.165) is 22.8 Å². The van der Waals surface area contributed by atoms with Gasteiger partial charge in [-0.15, -0.1) is 12.4 Å². The van der Waals surface area contributed by atoms with Crippen molar-refractivity contribution in [2.45, 2.75) is 38.6 Å². The second-order valence-corrected chi connectivity index (χ2v) is 7.40. The van der Waals surface area contributed by atoms with Crippen molar-refractivity contribution in [3.8, 4) is 16.8 Å². The first-order chi connectivity index (χ1) is 15.2. The summed E-state index contributed by atoms with van der Waals surface area (Å²) in [5.74, 6) is 0.865. The van der Waals surface area contributed by atoms with Crippen LogP contribution in [0.5, 0.6) is 0 Å². The van der Waals surface area contributed by atoms with Gasteiger partial charge in [0.05, 0.1) is 23.6 Å². The van der Waals surface area contributed by atoms with Crippen LogP contribution in [0.3, 0.4) is 0 Å². The number of aryl methyl sites for hydroxylation is 1. The predicted molar refractivity (Wildman–Crippen MR) is 119 cm³/mol. The van der Waals surface area contributed by atoms with Crippen molar-refractivity contribution in [3.05, 3.63) is 83.7 Å². The van der Waals surface area contributed by atoms with Crippen molar-refractivity contribution in [2.24, 2.45) is 0 Å². The molecule has 4 aromatic heterocycles. The van der Waals surface area contributed by atoms with E-state index in [2.05, 4.69) is 36.7 Å². The molecule has 0 aliphatic heterocycles. The number of H-pyrrole nitrogens is 1. The van der Waals surface area contributed by atoms with Crippen LogP contribution in [0.4, 0.5) is 5.82 Å². The Bertz CT molecular complexity index is 1140. The maximum Gasteiger partial charge on any atom is 1.00 e. The molecule has 4 aromatic rings. The van der Waals surface area contributed by atoms with Crippen LogP contribution in [-0.4, -0.2) is 35.8 Å². The van der Waals surface area contributed by atoms with Gasteiger partial charge in [-0.2, -0.15) is 5.10 Å². The molecule has 0 atom stereocenters. The monoisotopic (exact) mass is 437 g/mol. The summed E-state index contributed by atoms with van der Waals surface area (Å²) in [4.78, 5) is 24.7. The quantitative estimate of drug-likeness (QED) is 0.358. The Labute approximate surface area is 208 Å². The van der Waals surface area contributed by atoms with Gasteiger partial charge in [-0.1, -0.05) is 12.8 Å². The summed E-state index contributed by atoms with van der Waals surface area (Å²) < 4.78 is 1.61. The molecule has 32 heavy (non-hydrogen) atoms. The van der Waals surface area contributed by atoms with E-state index >= 15 is 0 Å². The number of anilines is 1. The zero-order valence-electron chi connectivity index (χ0n) is 18.3. The zero-order valence-corrected chi connectivity index (χ0v) is 20.3. The Balaban J connectivity index is 0.000000311. The third-order valence-electron chi connectivity index (χ3n) is 5.14. The van der Waals surface area contributed by atoms with E-state index in [1.807, 2.05) is 25.1 Å². The van der Waals surface area contributed by atoms with E-state index < -0.39 is 0 Å². The fourth-order valence-corrected chi connectivity index (χ4v) is 3.54. The van der Waals surface area contributed by atoms with Gasteiger partial charge in [0.2, 0.25) is 0 Å². The molecule has 0 aromatic carbocycles. The van der Waals surface area contributed by atoms with Crippen LogP contribution in [0.25, 0.3) is 16.8 Å². The average Bonchev–Trinajstić information content (AvgIpc) is 3.50. The van der Waals surface area contributed by atoms with Crippen LogP contribution in [0, 0.1) is 13.1 Å². The van der Waals surface area contributed by atoms with Gasteiger partial charge < -0.3 is 10.3 Å². The van der Waals surface area contributed by atoms with Crippen LogP contribution in [0.2, 0.25) is 0 Å². The molecule has 0 radical (unpaired) electrons. The minimum absolute atomic E-state index is 0. The maximum atomic E-state index is 12.7. The topological polar surface area (TPSA) is 101 Å². The number of pyridine rings is 2. The fourth-order valence-electron chi connectivity index (χ4n) is 3.54. The third-order valence-corrected chi connectivity index (χ3v) is 5.14. The van der Waals surface area contributed by atoms with Gasteiger partial charge >= 0.3 is 29.6 Å². The number of rotatable bonds is 4. The van der Waals surface area contributed by atoms with Gasteiger partial charge in [0.1, 0.15) is 5.82 Å². The van der Waals surface area contributed by atoms with Gasteiger partial charge in [-0.25, -0.2) is 4.98 Å². The number of nitrogens with zero attached hydrogens (tertiary/aromatic N) is 5. The van der Waals surface area contributed by atoms with Crippen LogP contribution < -0.4 is 40.4 Å². The minimum atomic E-state index is -0.0859. The summed E-state index contributed by atoms with van der Waals surface area (Å²) in [6, 6.07) is 8.03. The van der Waals surface area contributed by atoms with Crippen molar-refractivity contribution >= 4 is 5.82 Å². The van der Waals surface area contributed by atoms with E-state index in [1.54, 1.807) is 47.8 Å². The summed E-state index contributed by atoms with van der Waals surface area (Å²) in [7, 11) is 0. The Morgan fingerprint density at radius 2 is 1.97 bits per heavy atom. The van der Waals surface area contributed by atoms with E-state index in [4.69, 9.17) is 0 Å². The minimum Gasteiger partial charge on any atom is -0.456 e. The Hall–Kier alpha value is -2.81. The molecule has 0 bridgehead atoms. The maximum absolute atomic E-state index is 12.7. The van der Waals surface area contributed by atoms with Crippen molar-refractivity contribution in [1.82, 2.24) is 29.7 Å². The van der Waals surface area contributed by atoms with Gasteiger partial charge in [-0.05, 0) is 55.9 Å². The molecule has 158 valence electrons. The molecule has 1 aliphatic rings. The summed E-state index contributed by atoms with van der Waals surface area (Å²) in [6.07, 6.45) is 17.6. The van der Waals surface area contributed by atoms with E-state index in [9.17, 15) is 4.79 Å². The largest absolute Gasteiger partial charge is 1.00 e. The number of hydrogen-bond acceptors (Lipinski definition) is 6. The molecule has 2 N–H and O–H groups in total. The average molecular weight is 437 g/mol. The third kappa shape index (κ3) is 6.12. The zero-order chi connectivity index (χ0) is 21.5. The van der Waals surface area contributed by atoms with Crippen molar-refractivity contribution < 1.29 is 29.6 Å². The number of nitrogens with one attached hydrogen (secondary N) is 2. The predicted octanol–water partition coefficient (Wildman–Crippen LogP) is 0.566. The summed E-state index contributed by atoms with van der Waals surface area (Å²) >= 11 is 0. The molecule has 1 aliphatic carbocycles. The first-order valence-electron chi connectivity index (χ1n) is 10.3. The second kappa shape index (κ2) is 11.7. The smallest absolute Gasteiger partial charge is 0.456 e. The van der Waals surface area contributed by atoms with Crippen LogP contribution in [0.1, 0.15) is 31.4 Å². The Morgan fingerprint density at radius 3 is 2.56 bits per heavy atom. The van der Waals surface area contributed by atoms with E-state index in [-0.39, 0.29) is 35.1 Å². The molecular weight excluding hydrogens is 413 g/mol. The normalized spacial score (nSPS) is 13.0. The first-order valence-corrected chi connectivity index (χ1v) is 10.3. The van der Waals surface area contributed by atoms with Gasteiger partial charge in [0.15, 0.2) is 0 Å². The molecule has 0 spiro atoms. The molecule has 0 saturated heterocycles. The first kappa shape index (κ1) is 23.8. The second-order valence-electron chi connectivity index (χ2n) is 7.40. The van der Waals surface area contributed by atoms with Crippen molar-refractivity contribution in [1.29, 1.82) is 0 Å². The molecule has 9 heteroatoms. The number of hydrogen-bond donors (Lipinski definition) is 2. The van der Waals surface area contributed by atoms with Crippen LogP contribution >= 0.6 is 0 Å². The molecule has 1 fully saturated rings. The molecular formula is C23H24N7NaO. The number of aromatic amines is 1. The molecule has 8 nitrogen and oxygen atoms in total. The van der Waals surface area contributed by atoms with Gasteiger partial charge in [0, 0.05) is 24.0 Å². The Morgan fingerprint density at radius 1 is 1.12 bits per heavy atom. The van der Waals surface area contributed by atoms with Crippen LogP contribution in [-0.2, 0) is 0 Å². The van der Waals surface area contributed by atoms with Gasteiger partial charge in [-0.3, -0.25) is 19.4 Å². The summed E-state index contributed by atoms with van der Waals surface area (Å²) in [5.41, 5.74) is 2.99. The molecule has 1 saturated carbocycles. The molecule has 0 amide bonds. The summed E-state index contributed by atoms with van der Waals surface area (Å²) in [5, 5.41) is 10.1. The molecule has 4 heterocycles. The standard InChI is InChI=1S/C18H19N5O.C5H5N2.Na/c24-18-16(13-10-20-21-11-13)6-3-9-23(18)15-7-8-17(19-12-15)22-14-4-1-2-5-14;1-5-4-6-2-3-7-5;/h3,6-12,14H,1-2,4-5H2,(H,19,22)(H,20,21);3-4H,1H3;/q;-1;+1. The van der Waals surface area contributed by atoms with Gasteiger partial charge in [0.25, 0.3) is 5.56 Å². The number of aromatic nitrogens is 6. The Kier molecular flexibility index (Phi) is 8.72. The summed E-state index contributed by atoms with van der Waals surface area (Å²) in [6.45, 7) is 1.89. The molecule has 5 rings (SSSR count). The SMILES string of the molecule is Cc1cn[c-]cn1.O=c1c(-c2cn[nH]c2)cccn1-c1ccc(NC2CCCC2)nc1.[Na+]. The van der Waals surface area contributed by atoms with Crippen molar-refractivity contribution in [2.75, 3.05) is 5.32 Å². The van der Waals surface area contributed by atoms with Crippen LogP contribution in [0.15, 0.2) is 66.2 Å².